The van der Waals surface area contributed by atoms with Gasteiger partial charge in [-0.15, -0.1) is 0 Å². The molecule has 0 unspecified atom stereocenters. The normalized spacial score (nSPS) is 16.6. The molecule has 1 saturated carbocycles. The molecule has 16 heavy (non-hydrogen) atoms. The third-order valence-electron chi connectivity index (χ3n) is 3.58. The second-order valence-corrected chi connectivity index (χ2v) is 4.51. The number of hydrogen-bond acceptors (Lipinski definition) is 2. The molecular weight excluding hydrogens is 198 g/mol. The van der Waals surface area contributed by atoms with Gasteiger partial charge in [-0.25, -0.2) is 0 Å². The van der Waals surface area contributed by atoms with Crippen molar-refractivity contribution in [2.45, 2.75) is 45.3 Å². The van der Waals surface area contributed by atoms with E-state index >= 15 is 0 Å². The first kappa shape index (κ1) is 11.5. The molecule has 0 radical (unpaired) electrons. The van der Waals surface area contributed by atoms with Crippen LogP contribution in [0.2, 0.25) is 0 Å². The standard InChI is InChI=1S/C14H21NO/c1-2-15(13-8-4-5-9-13)14-10-6-3-7-12(14)11-16/h3,6-7,10,13,16H,2,4-5,8-9,11H2,1H3. The van der Waals surface area contributed by atoms with Crippen LogP contribution in [0.4, 0.5) is 5.69 Å². The Balaban J connectivity index is 2.24. The Morgan fingerprint density at radius 2 is 1.94 bits per heavy atom. The maximum Gasteiger partial charge on any atom is 0.0702 e. The topological polar surface area (TPSA) is 23.5 Å². The average molecular weight is 219 g/mol. The monoisotopic (exact) mass is 219 g/mol. The van der Waals surface area contributed by atoms with Gasteiger partial charge in [-0.2, -0.15) is 0 Å². The number of aliphatic hydroxyl groups excluding tert-OH is 1. The van der Waals surface area contributed by atoms with Crippen LogP contribution in [-0.2, 0) is 6.61 Å². The van der Waals surface area contributed by atoms with Crippen LogP contribution in [0.25, 0.3) is 0 Å². The fourth-order valence-corrected chi connectivity index (χ4v) is 2.77. The zero-order chi connectivity index (χ0) is 11.4. The van der Waals surface area contributed by atoms with E-state index in [-0.39, 0.29) is 6.61 Å². The van der Waals surface area contributed by atoms with Crippen molar-refractivity contribution in [1.29, 1.82) is 0 Å². The molecule has 0 bridgehead atoms. The van der Waals surface area contributed by atoms with E-state index in [9.17, 15) is 5.11 Å². The van der Waals surface area contributed by atoms with Crippen molar-refractivity contribution >= 4 is 5.69 Å². The van der Waals surface area contributed by atoms with Gasteiger partial charge in [0, 0.05) is 23.8 Å². The molecule has 0 heterocycles. The van der Waals surface area contributed by atoms with E-state index in [0.717, 1.165) is 12.1 Å². The lowest BCUT2D eigenvalue weighted by Crippen LogP contribution is -2.33. The number of anilines is 1. The van der Waals surface area contributed by atoms with E-state index < -0.39 is 0 Å². The van der Waals surface area contributed by atoms with Gasteiger partial charge in [-0.3, -0.25) is 0 Å². The maximum atomic E-state index is 9.38. The summed E-state index contributed by atoms with van der Waals surface area (Å²) in [7, 11) is 0. The molecule has 2 rings (SSSR count). The predicted molar refractivity (Wildman–Crippen MR) is 67.6 cm³/mol. The van der Waals surface area contributed by atoms with Crippen LogP contribution < -0.4 is 4.90 Å². The molecule has 0 spiro atoms. The van der Waals surface area contributed by atoms with Crippen LogP contribution in [0.1, 0.15) is 38.2 Å². The molecule has 0 aliphatic heterocycles. The lowest BCUT2D eigenvalue weighted by molar-refractivity contribution is 0.282. The van der Waals surface area contributed by atoms with Gasteiger partial charge in [0.25, 0.3) is 0 Å². The Labute approximate surface area is 97.9 Å². The van der Waals surface area contributed by atoms with Gasteiger partial charge in [0.1, 0.15) is 0 Å². The Morgan fingerprint density at radius 3 is 2.56 bits per heavy atom. The van der Waals surface area contributed by atoms with E-state index in [4.69, 9.17) is 0 Å². The van der Waals surface area contributed by atoms with E-state index in [0.29, 0.717) is 6.04 Å². The van der Waals surface area contributed by atoms with Crippen LogP contribution in [0, 0.1) is 0 Å². The quantitative estimate of drug-likeness (QED) is 0.841. The summed E-state index contributed by atoms with van der Waals surface area (Å²) in [4.78, 5) is 2.46. The van der Waals surface area contributed by atoms with Crippen LogP contribution >= 0.6 is 0 Å². The molecule has 1 aliphatic rings. The first-order valence-corrected chi connectivity index (χ1v) is 6.32. The van der Waals surface area contributed by atoms with E-state index in [1.807, 2.05) is 12.1 Å². The zero-order valence-electron chi connectivity index (χ0n) is 10.0. The minimum absolute atomic E-state index is 0.138. The average Bonchev–Trinajstić information content (AvgIpc) is 2.84. The van der Waals surface area contributed by atoms with Crippen LogP contribution in [0.3, 0.4) is 0 Å². The van der Waals surface area contributed by atoms with Gasteiger partial charge < -0.3 is 10.0 Å². The number of para-hydroxylation sites is 1. The van der Waals surface area contributed by atoms with Gasteiger partial charge in [0.05, 0.1) is 6.61 Å². The summed E-state index contributed by atoms with van der Waals surface area (Å²) in [5, 5.41) is 9.38. The van der Waals surface area contributed by atoms with Crippen molar-refractivity contribution in [2.24, 2.45) is 0 Å². The summed E-state index contributed by atoms with van der Waals surface area (Å²) in [5.41, 5.74) is 2.27. The predicted octanol–water partition coefficient (Wildman–Crippen LogP) is 2.95. The third kappa shape index (κ3) is 2.22. The summed E-state index contributed by atoms with van der Waals surface area (Å²) in [6.07, 6.45) is 5.30. The molecule has 1 aromatic carbocycles. The number of rotatable bonds is 4. The summed E-state index contributed by atoms with van der Waals surface area (Å²) in [5.74, 6) is 0. The molecule has 0 amide bonds. The lowest BCUT2D eigenvalue weighted by Gasteiger charge is -2.31. The molecule has 1 aliphatic carbocycles. The molecule has 1 N–H and O–H groups in total. The van der Waals surface area contributed by atoms with Crippen molar-refractivity contribution in [3.63, 3.8) is 0 Å². The van der Waals surface area contributed by atoms with E-state index in [2.05, 4.69) is 24.0 Å². The van der Waals surface area contributed by atoms with Gasteiger partial charge in [-0.05, 0) is 25.8 Å². The molecule has 0 saturated heterocycles. The second kappa shape index (κ2) is 5.35. The van der Waals surface area contributed by atoms with Gasteiger partial charge in [0.2, 0.25) is 0 Å². The van der Waals surface area contributed by atoms with Crippen LogP contribution in [0.15, 0.2) is 24.3 Å². The minimum atomic E-state index is 0.138. The number of aliphatic hydroxyl groups is 1. The van der Waals surface area contributed by atoms with Gasteiger partial charge in [0.15, 0.2) is 0 Å². The number of hydrogen-bond donors (Lipinski definition) is 1. The fraction of sp³-hybridized carbons (Fsp3) is 0.571. The molecule has 0 atom stereocenters. The van der Waals surface area contributed by atoms with Crippen molar-refractivity contribution < 1.29 is 5.11 Å². The molecule has 2 nitrogen and oxygen atoms in total. The second-order valence-electron chi connectivity index (χ2n) is 4.51. The Kier molecular flexibility index (Phi) is 3.83. The summed E-state index contributed by atoms with van der Waals surface area (Å²) in [6, 6.07) is 8.89. The highest BCUT2D eigenvalue weighted by atomic mass is 16.3. The Hall–Kier alpha value is -1.02. The number of benzene rings is 1. The molecule has 0 aromatic heterocycles. The van der Waals surface area contributed by atoms with Crippen molar-refractivity contribution in [2.75, 3.05) is 11.4 Å². The van der Waals surface area contributed by atoms with Crippen LogP contribution in [0.5, 0.6) is 0 Å². The van der Waals surface area contributed by atoms with Crippen molar-refractivity contribution in [3.8, 4) is 0 Å². The van der Waals surface area contributed by atoms with E-state index in [1.54, 1.807) is 0 Å². The molecule has 88 valence electrons. The molecule has 2 heteroatoms. The third-order valence-corrected chi connectivity index (χ3v) is 3.58. The smallest absolute Gasteiger partial charge is 0.0702 e. The summed E-state index contributed by atoms with van der Waals surface area (Å²) >= 11 is 0. The van der Waals surface area contributed by atoms with Gasteiger partial charge in [-0.1, -0.05) is 31.0 Å². The first-order valence-electron chi connectivity index (χ1n) is 6.32. The molecule has 1 aromatic rings. The fourth-order valence-electron chi connectivity index (χ4n) is 2.77. The minimum Gasteiger partial charge on any atom is -0.392 e. The van der Waals surface area contributed by atoms with Crippen molar-refractivity contribution in [3.05, 3.63) is 29.8 Å². The van der Waals surface area contributed by atoms with Gasteiger partial charge >= 0.3 is 0 Å². The molecular formula is C14H21NO. The van der Waals surface area contributed by atoms with Crippen molar-refractivity contribution in [1.82, 2.24) is 0 Å². The SMILES string of the molecule is CCN(c1ccccc1CO)C1CCCC1. The Bertz CT molecular complexity index is 331. The summed E-state index contributed by atoms with van der Waals surface area (Å²) in [6.45, 7) is 3.37. The maximum absolute atomic E-state index is 9.38. The van der Waals surface area contributed by atoms with Crippen LogP contribution in [-0.4, -0.2) is 17.7 Å². The first-order chi connectivity index (χ1) is 7.86. The highest BCUT2D eigenvalue weighted by Gasteiger charge is 2.22. The van der Waals surface area contributed by atoms with E-state index in [1.165, 1.54) is 31.4 Å². The lowest BCUT2D eigenvalue weighted by atomic mass is 10.1. The Morgan fingerprint density at radius 1 is 1.25 bits per heavy atom. The highest BCUT2D eigenvalue weighted by Crippen LogP contribution is 2.30. The zero-order valence-corrected chi connectivity index (χ0v) is 10.0. The molecule has 1 fully saturated rings. The largest absolute Gasteiger partial charge is 0.392 e. The highest BCUT2D eigenvalue weighted by molar-refractivity contribution is 5.54. The number of nitrogens with zero attached hydrogens (tertiary/aromatic N) is 1. The summed E-state index contributed by atoms with van der Waals surface area (Å²) < 4.78 is 0.